The zero-order valence-electron chi connectivity index (χ0n) is 13.6. The summed E-state index contributed by atoms with van der Waals surface area (Å²) in [5.41, 5.74) is 3.27. The maximum Gasteiger partial charge on any atom is 0.277 e. The third-order valence-electron chi connectivity index (χ3n) is 3.66. The van der Waals surface area contributed by atoms with Gasteiger partial charge in [0.25, 0.3) is 5.91 Å². The van der Waals surface area contributed by atoms with Crippen molar-refractivity contribution in [3.05, 3.63) is 58.4 Å². The lowest BCUT2D eigenvalue weighted by Crippen LogP contribution is -2.25. The van der Waals surface area contributed by atoms with Gasteiger partial charge in [-0.05, 0) is 31.2 Å². The summed E-state index contributed by atoms with van der Waals surface area (Å²) in [5.74, 6) is -1.28. The number of imidazole rings is 1. The number of aryl methyl sites for hydroxylation is 1. The lowest BCUT2D eigenvalue weighted by Gasteiger charge is -2.15. The minimum absolute atomic E-state index is 0.0312. The van der Waals surface area contributed by atoms with E-state index >= 15 is 4.39 Å². The Kier molecular flexibility index (Phi) is 5.45. The minimum Gasteiger partial charge on any atom is -0.351 e. The number of fused-ring (bicyclic) bond motifs is 1. The topological polar surface area (TPSA) is 68.2 Å². The van der Waals surface area contributed by atoms with E-state index < -0.39 is 11.7 Å². The predicted molar refractivity (Wildman–Crippen MR) is 102 cm³/mol. The van der Waals surface area contributed by atoms with Crippen molar-refractivity contribution in [2.45, 2.75) is 0 Å². The number of nitrogens with one attached hydrogen (secondary N) is 2. The lowest BCUT2D eigenvalue weighted by atomic mass is 10.1. The lowest BCUT2D eigenvalue weighted by molar-refractivity contribution is 0.0416. The summed E-state index contributed by atoms with van der Waals surface area (Å²) in [6.45, 7) is 3.50. The van der Waals surface area contributed by atoms with E-state index in [9.17, 15) is 4.79 Å². The van der Waals surface area contributed by atoms with Gasteiger partial charge in [0.15, 0.2) is 5.82 Å². The molecule has 9 heteroatoms. The fraction of sp³-hybridized carbons (Fsp3) is 0.118. The van der Waals surface area contributed by atoms with Gasteiger partial charge in [-0.3, -0.25) is 9.63 Å². The number of anilines is 2. The van der Waals surface area contributed by atoms with Crippen LogP contribution in [0.4, 0.5) is 15.8 Å². The summed E-state index contributed by atoms with van der Waals surface area (Å²) in [4.78, 5) is 21.3. The number of hydrogen-bond acceptors (Lipinski definition) is 4. The van der Waals surface area contributed by atoms with Gasteiger partial charge in [-0.1, -0.05) is 27.5 Å². The molecule has 0 bridgehead atoms. The highest BCUT2D eigenvalue weighted by molar-refractivity contribution is 9.10. The van der Waals surface area contributed by atoms with Crippen LogP contribution < -0.4 is 10.8 Å². The highest BCUT2D eigenvalue weighted by atomic mass is 79.9. The number of hydrogen-bond donors (Lipinski definition) is 2. The largest absolute Gasteiger partial charge is 0.351 e. The fourth-order valence-corrected chi connectivity index (χ4v) is 3.14. The van der Waals surface area contributed by atoms with Crippen LogP contribution in [0.2, 0.25) is 5.02 Å². The Morgan fingerprint density at radius 2 is 2.23 bits per heavy atom. The summed E-state index contributed by atoms with van der Waals surface area (Å²) in [6, 6.07) is 6.61. The zero-order valence-corrected chi connectivity index (χ0v) is 16.0. The number of hydroxylamine groups is 1. The first-order valence-corrected chi connectivity index (χ1v) is 8.66. The Labute approximate surface area is 162 Å². The molecule has 2 N–H and O–H groups in total. The third kappa shape index (κ3) is 3.53. The summed E-state index contributed by atoms with van der Waals surface area (Å²) in [7, 11) is 1.71. The second-order valence-electron chi connectivity index (χ2n) is 5.37. The van der Waals surface area contributed by atoms with Gasteiger partial charge in [0.2, 0.25) is 0 Å². The van der Waals surface area contributed by atoms with Gasteiger partial charge in [0.1, 0.15) is 5.52 Å². The summed E-state index contributed by atoms with van der Waals surface area (Å²) < 4.78 is 17.5. The van der Waals surface area contributed by atoms with Gasteiger partial charge in [0, 0.05) is 11.5 Å². The molecule has 0 spiro atoms. The second-order valence-corrected chi connectivity index (χ2v) is 6.69. The second kappa shape index (κ2) is 7.61. The van der Waals surface area contributed by atoms with Crippen LogP contribution in [0.15, 0.2) is 35.1 Å². The van der Waals surface area contributed by atoms with E-state index in [2.05, 4.69) is 38.6 Å². The molecular weight excluding hydrogens is 427 g/mol. The molecule has 1 radical (unpaired) electrons. The van der Waals surface area contributed by atoms with Crippen molar-refractivity contribution < 1.29 is 14.0 Å². The Hall–Kier alpha value is -2.16. The van der Waals surface area contributed by atoms with Crippen LogP contribution in [-0.4, -0.2) is 22.1 Å². The molecule has 0 aliphatic rings. The molecule has 0 aliphatic heterocycles. The van der Waals surface area contributed by atoms with E-state index in [4.69, 9.17) is 16.4 Å². The third-order valence-corrected chi connectivity index (χ3v) is 4.47. The molecule has 0 aliphatic carbocycles. The molecule has 0 fully saturated rings. The number of nitrogens with zero attached hydrogens (tertiary/aromatic N) is 2. The summed E-state index contributed by atoms with van der Waals surface area (Å²) in [5, 5.41) is 3.25. The van der Waals surface area contributed by atoms with Gasteiger partial charge in [-0.2, -0.15) is 0 Å². The van der Waals surface area contributed by atoms with Crippen LogP contribution in [0.5, 0.6) is 0 Å². The quantitative estimate of drug-likeness (QED) is 0.578. The molecule has 3 rings (SSSR count). The predicted octanol–water partition coefficient (Wildman–Crippen LogP) is 4.37. The average molecular weight is 441 g/mol. The number of halogens is 3. The maximum atomic E-state index is 15.1. The number of rotatable bonds is 5. The standard InChI is InChI=1S/C17H14BrClFN4O2/c1-3-26-23-17(25)10-7-13-16(21-8-24(13)2)14(20)15(10)22-12-5-4-9(18)6-11(12)19/h4-8,22H,1,3H2,2H3,(H,23,25). The Morgan fingerprint density at radius 1 is 1.46 bits per heavy atom. The van der Waals surface area contributed by atoms with Crippen LogP contribution >= 0.6 is 27.5 Å². The van der Waals surface area contributed by atoms with Crippen LogP contribution in [0, 0.1) is 12.7 Å². The van der Waals surface area contributed by atoms with E-state index in [1.54, 1.807) is 29.8 Å². The van der Waals surface area contributed by atoms with E-state index in [1.807, 2.05) is 0 Å². The molecule has 1 heterocycles. The van der Waals surface area contributed by atoms with Crippen LogP contribution in [0.3, 0.4) is 0 Å². The maximum absolute atomic E-state index is 15.1. The van der Waals surface area contributed by atoms with Crippen LogP contribution in [0.25, 0.3) is 11.0 Å². The molecule has 135 valence electrons. The molecular formula is C17H14BrClFN4O2. The number of amides is 1. The molecule has 2 aromatic carbocycles. The van der Waals surface area contributed by atoms with Crippen LogP contribution in [-0.2, 0) is 11.9 Å². The zero-order chi connectivity index (χ0) is 18.8. The van der Waals surface area contributed by atoms with Crippen molar-refractivity contribution in [2.24, 2.45) is 7.05 Å². The Balaban J connectivity index is 2.14. The van der Waals surface area contributed by atoms with Gasteiger partial charge in [-0.15, -0.1) is 0 Å². The smallest absolute Gasteiger partial charge is 0.277 e. The van der Waals surface area contributed by atoms with E-state index in [-0.39, 0.29) is 23.4 Å². The van der Waals surface area contributed by atoms with Crippen molar-refractivity contribution in [3.63, 3.8) is 0 Å². The van der Waals surface area contributed by atoms with E-state index in [1.165, 1.54) is 12.4 Å². The summed E-state index contributed by atoms with van der Waals surface area (Å²) >= 11 is 9.51. The fourth-order valence-electron chi connectivity index (χ4n) is 2.42. The van der Waals surface area contributed by atoms with E-state index in [0.717, 1.165) is 4.47 Å². The number of carbonyl (C=O) groups is 1. The SMILES string of the molecule is [CH2]CONC(=O)c1cc2c(ncn2C)c(F)c1Nc1ccc(Br)cc1Cl. The Morgan fingerprint density at radius 3 is 2.92 bits per heavy atom. The first-order valence-electron chi connectivity index (χ1n) is 7.49. The number of carbonyl (C=O) groups excluding carboxylic acids is 1. The molecule has 1 aromatic heterocycles. The van der Waals surface area contributed by atoms with Crippen molar-refractivity contribution in [1.82, 2.24) is 15.0 Å². The monoisotopic (exact) mass is 439 g/mol. The number of benzene rings is 2. The first kappa shape index (κ1) is 18.6. The molecule has 0 saturated carbocycles. The molecule has 26 heavy (non-hydrogen) atoms. The van der Waals surface area contributed by atoms with Crippen molar-refractivity contribution >= 4 is 55.8 Å². The van der Waals surface area contributed by atoms with Crippen LogP contribution in [0.1, 0.15) is 10.4 Å². The molecule has 3 aromatic rings. The van der Waals surface area contributed by atoms with E-state index in [0.29, 0.717) is 16.2 Å². The first-order chi connectivity index (χ1) is 12.4. The average Bonchev–Trinajstić information content (AvgIpc) is 2.98. The van der Waals surface area contributed by atoms with Gasteiger partial charge in [-0.25, -0.2) is 14.9 Å². The normalized spacial score (nSPS) is 11.0. The summed E-state index contributed by atoms with van der Waals surface area (Å²) in [6.07, 6.45) is 1.47. The molecule has 0 unspecified atom stereocenters. The highest BCUT2D eigenvalue weighted by Gasteiger charge is 2.22. The number of aromatic nitrogens is 2. The highest BCUT2D eigenvalue weighted by Crippen LogP contribution is 2.34. The van der Waals surface area contributed by atoms with Gasteiger partial charge >= 0.3 is 0 Å². The molecule has 0 saturated heterocycles. The van der Waals surface area contributed by atoms with Crippen molar-refractivity contribution in [1.29, 1.82) is 0 Å². The van der Waals surface area contributed by atoms with Crippen molar-refractivity contribution in [2.75, 3.05) is 11.9 Å². The van der Waals surface area contributed by atoms with Gasteiger partial charge in [0.05, 0.1) is 40.4 Å². The molecule has 1 amide bonds. The molecule has 0 atom stereocenters. The minimum atomic E-state index is -0.665. The molecule has 6 nitrogen and oxygen atoms in total. The van der Waals surface area contributed by atoms with Crippen molar-refractivity contribution in [3.8, 4) is 0 Å². The Bertz CT molecular complexity index is 993. The van der Waals surface area contributed by atoms with Gasteiger partial charge < -0.3 is 9.88 Å².